The van der Waals surface area contributed by atoms with Crippen molar-refractivity contribution in [3.05, 3.63) is 34.9 Å². The highest BCUT2D eigenvalue weighted by molar-refractivity contribution is 7.80. The minimum absolute atomic E-state index is 0.271. The first-order chi connectivity index (χ1) is 11.1. The highest BCUT2D eigenvalue weighted by atomic mass is 35.5. The van der Waals surface area contributed by atoms with E-state index in [1.165, 1.54) is 38.5 Å². The molecule has 0 saturated heterocycles. The second-order valence-corrected chi connectivity index (χ2v) is 6.31. The van der Waals surface area contributed by atoms with E-state index in [1.807, 2.05) is 0 Å². The molecule has 1 aromatic carbocycles. The van der Waals surface area contributed by atoms with Gasteiger partial charge in [0, 0.05) is 17.1 Å². The first kappa shape index (κ1) is 19.7. The van der Waals surface area contributed by atoms with E-state index in [0.29, 0.717) is 15.7 Å². The molecule has 0 aliphatic heterocycles. The van der Waals surface area contributed by atoms with Crippen molar-refractivity contribution in [2.45, 2.75) is 51.9 Å². The van der Waals surface area contributed by atoms with Crippen LogP contribution in [0.2, 0.25) is 5.02 Å². The van der Waals surface area contributed by atoms with Crippen LogP contribution in [0, 0.1) is 0 Å². The summed E-state index contributed by atoms with van der Waals surface area (Å²) in [5.41, 5.74) is 5.73. The molecule has 0 unspecified atom stereocenters. The van der Waals surface area contributed by atoms with E-state index < -0.39 is 0 Å². The molecule has 0 aliphatic carbocycles. The van der Waals surface area contributed by atoms with Gasteiger partial charge < -0.3 is 5.32 Å². The molecule has 0 heterocycles. The number of thiocarbonyl (C=S) groups is 1. The summed E-state index contributed by atoms with van der Waals surface area (Å²) in [7, 11) is 0. The molecule has 1 aromatic rings. The first-order valence-corrected chi connectivity index (χ1v) is 9.02. The van der Waals surface area contributed by atoms with Crippen LogP contribution in [0.15, 0.2) is 24.3 Å². The van der Waals surface area contributed by atoms with Crippen molar-refractivity contribution < 1.29 is 4.79 Å². The highest BCUT2D eigenvalue weighted by Gasteiger charge is 2.05. The fourth-order valence-electron chi connectivity index (χ4n) is 2.14. The van der Waals surface area contributed by atoms with Gasteiger partial charge in [-0.1, -0.05) is 63.1 Å². The number of hydrazine groups is 1. The van der Waals surface area contributed by atoms with Crippen molar-refractivity contribution in [3.63, 3.8) is 0 Å². The summed E-state index contributed by atoms with van der Waals surface area (Å²) in [6.07, 6.45) is 8.81. The maximum Gasteiger partial charge on any atom is 0.269 e. The number of carbonyl (C=O) groups excluding carboxylic acids is 1. The van der Waals surface area contributed by atoms with Crippen molar-refractivity contribution >= 4 is 34.8 Å². The second kappa shape index (κ2) is 12.1. The molecule has 0 atom stereocenters. The average molecular weight is 356 g/mol. The van der Waals surface area contributed by atoms with Gasteiger partial charge in [-0.05, 0) is 36.8 Å². The Bertz CT molecular complexity index is 496. The molecule has 3 N–H and O–H groups in total. The molecule has 23 heavy (non-hydrogen) atoms. The van der Waals surface area contributed by atoms with E-state index in [9.17, 15) is 4.79 Å². The lowest BCUT2D eigenvalue weighted by Crippen LogP contribution is -2.46. The summed E-state index contributed by atoms with van der Waals surface area (Å²) in [6, 6.07) is 6.75. The van der Waals surface area contributed by atoms with Crippen LogP contribution in [0.1, 0.15) is 62.2 Å². The lowest BCUT2D eigenvalue weighted by atomic mass is 10.1. The molecule has 1 amide bonds. The number of nitrogens with one attached hydrogen (secondary N) is 3. The van der Waals surface area contributed by atoms with Gasteiger partial charge >= 0.3 is 0 Å². The molecule has 0 spiro atoms. The number of hydrogen-bond donors (Lipinski definition) is 3. The SMILES string of the molecule is CCCCCCCCCNC(=S)NNC(=O)c1cccc(Cl)c1. The molecular weight excluding hydrogens is 330 g/mol. The summed E-state index contributed by atoms with van der Waals surface area (Å²) < 4.78 is 0. The smallest absolute Gasteiger partial charge is 0.269 e. The Kier molecular flexibility index (Phi) is 10.4. The van der Waals surface area contributed by atoms with Crippen LogP contribution in [0.25, 0.3) is 0 Å². The van der Waals surface area contributed by atoms with E-state index in [4.69, 9.17) is 23.8 Å². The summed E-state index contributed by atoms with van der Waals surface area (Å²) in [5.74, 6) is -0.271. The Morgan fingerprint density at radius 1 is 1.09 bits per heavy atom. The van der Waals surface area contributed by atoms with Crippen molar-refractivity contribution in [3.8, 4) is 0 Å². The van der Waals surface area contributed by atoms with Crippen LogP contribution in [0.3, 0.4) is 0 Å². The number of rotatable bonds is 9. The topological polar surface area (TPSA) is 53.2 Å². The second-order valence-electron chi connectivity index (χ2n) is 5.47. The average Bonchev–Trinajstić information content (AvgIpc) is 2.55. The third kappa shape index (κ3) is 9.41. The van der Waals surface area contributed by atoms with E-state index in [-0.39, 0.29) is 5.91 Å². The molecule has 0 aromatic heterocycles. The predicted octanol–water partition coefficient (Wildman–Crippen LogP) is 4.20. The zero-order valence-corrected chi connectivity index (χ0v) is 15.2. The fourth-order valence-corrected chi connectivity index (χ4v) is 2.49. The predicted molar refractivity (Wildman–Crippen MR) is 101 cm³/mol. The van der Waals surface area contributed by atoms with Gasteiger partial charge in [-0.25, -0.2) is 0 Å². The van der Waals surface area contributed by atoms with E-state index in [0.717, 1.165) is 13.0 Å². The van der Waals surface area contributed by atoms with E-state index in [1.54, 1.807) is 24.3 Å². The molecule has 0 saturated carbocycles. The molecule has 0 bridgehead atoms. The summed E-state index contributed by atoms with van der Waals surface area (Å²) in [6.45, 7) is 3.04. The molecular formula is C17H26ClN3OS. The van der Waals surface area contributed by atoms with Crippen molar-refractivity contribution in [2.24, 2.45) is 0 Å². The van der Waals surface area contributed by atoms with Crippen molar-refractivity contribution in [2.75, 3.05) is 6.54 Å². The third-order valence-electron chi connectivity index (χ3n) is 3.44. The molecule has 0 fully saturated rings. The van der Waals surface area contributed by atoms with Crippen molar-refractivity contribution in [1.29, 1.82) is 0 Å². The van der Waals surface area contributed by atoms with Gasteiger partial charge in [0.15, 0.2) is 5.11 Å². The van der Waals surface area contributed by atoms with Crippen LogP contribution in [-0.2, 0) is 0 Å². The van der Waals surface area contributed by atoms with Crippen molar-refractivity contribution in [1.82, 2.24) is 16.2 Å². The molecule has 128 valence electrons. The monoisotopic (exact) mass is 355 g/mol. The number of unbranched alkanes of at least 4 members (excludes halogenated alkanes) is 6. The quantitative estimate of drug-likeness (QED) is 0.353. The van der Waals surface area contributed by atoms with E-state index in [2.05, 4.69) is 23.1 Å². The number of hydrogen-bond acceptors (Lipinski definition) is 2. The summed E-state index contributed by atoms with van der Waals surface area (Å²) in [4.78, 5) is 11.9. The minimum Gasteiger partial charge on any atom is -0.361 e. The van der Waals surface area contributed by atoms with Crippen LogP contribution < -0.4 is 16.2 Å². The number of amides is 1. The zero-order valence-electron chi connectivity index (χ0n) is 13.7. The van der Waals surface area contributed by atoms with Gasteiger partial charge in [-0.3, -0.25) is 15.6 Å². The standard InChI is InChI=1S/C17H26ClN3OS/c1-2-3-4-5-6-7-8-12-19-17(23)21-20-16(22)14-10-9-11-15(18)13-14/h9-11,13H,2-8,12H2,1H3,(H,20,22)(H2,19,21,23). The maximum atomic E-state index is 11.9. The fraction of sp³-hybridized carbons (Fsp3) is 0.529. The summed E-state index contributed by atoms with van der Waals surface area (Å²) >= 11 is 11.0. The maximum absolute atomic E-state index is 11.9. The Balaban J connectivity index is 2.07. The van der Waals surface area contributed by atoms with Crippen LogP contribution in [0.4, 0.5) is 0 Å². The summed E-state index contributed by atoms with van der Waals surface area (Å²) in [5, 5.41) is 4.03. The van der Waals surface area contributed by atoms with Gasteiger partial charge in [0.05, 0.1) is 0 Å². The van der Waals surface area contributed by atoms with Crippen LogP contribution in [-0.4, -0.2) is 17.6 Å². The molecule has 4 nitrogen and oxygen atoms in total. The lowest BCUT2D eigenvalue weighted by Gasteiger charge is -2.11. The van der Waals surface area contributed by atoms with Gasteiger partial charge in [0.2, 0.25) is 0 Å². The Labute approximate surface area is 149 Å². The zero-order chi connectivity index (χ0) is 16.9. The normalized spacial score (nSPS) is 10.2. The van der Waals surface area contributed by atoms with Gasteiger partial charge in [0.1, 0.15) is 0 Å². The van der Waals surface area contributed by atoms with Gasteiger partial charge in [0.25, 0.3) is 5.91 Å². The van der Waals surface area contributed by atoms with Gasteiger partial charge in [-0.15, -0.1) is 0 Å². The molecule has 0 aliphatic rings. The highest BCUT2D eigenvalue weighted by Crippen LogP contribution is 2.10. The first-order valence-electron chi connectivity index (χ1n) is 8.23. The van der Waals surface area contributed by atoms with Crippen LogP contribution >= 0.6 is 23.8 Å². The van der Waals surface area contributed by atoms with Crippen LogP contribution in [0.5, 0.6) is 0 Å². The lowest BCUT2D eigenvalue weighted by molar-refractivity contribution is 0.0943. The molecule has 6 heteroatoms. The van der Waals surface area contributed by atoms with Gasteiger partial charge in [-0.2, -0.15) is 0 Å². The number of benzene rings is 1. The Morgan fingerprint density at radius 3 is 2.48 bits per heavy atom. The minimum atomic E-state index is -0.271. The Morgan fingerprint density at radius 2 is 1.78 bits per heavy atom. The molecule has 0 radical (unpaired) electrons. The number of carbonyl (C=O) groups is 1. The molecule has 1 rings (SSSR count). The van der Waals surface area contributed by atoms with E-state index >= 15 is 0 Å². The largest absolute Gasteiger partial charge is 0.361 e. The number of halogens is 1. The Hall–Kier alpha value is -1.33. The third-order valence-corrected chi connectivity index (χ3v) is 3.92.